The topological polar surface area (TPSA) is 78.5 Å². The fraction of sp³-hybridized carbons (Fsp3) is 0.207. The maximum Gasteiger partial charge on any atom is 0.257 e. The van der Waals surface area contributed by atoms with Crippen molar-refractivity contribution < 1.29 is 14.4 Å². The van der Waals surface area contributed by atoms with Crippen LogP contribution in [0, 0.1) is 0 Å². The lowest BCUT2D eigenvalue weighted by atomic mass is 9.91. The second-order valence-electron chi connectivity index (χ2n) is 8.77. The number of Topliss-reactive ketones (excluding diaryl/α,β-unsaturated/α-hetero) is 1. The second-order valence-corrected chi connectivity index (χ2v) is 8.77. The first-order chi connectivity index (χ1) is 16.9. The van der Waals surface area contributed by atoms with E-state index in [1.807, 2.05) is 91.0 Å². The summed E-state index contributed by atoms with van der Waals surface area (Å²) in [5.41, 5.74) is 1.75. The van der Waals surface area contributed by atoms with Gasteiger partial charge < -0.3 is 15.5 Å². The highest BCUT2D eigenvalue weighted by Crippen LogP contribution is 2.36. The van der Waals surface area contributed by atoms with E-state index in [1.54, 1.807) is 18.7 Å². The van der Waals surface area contributed by atoms with Crippen LogP contribution in [0.15, 0.2) is 102 Å². The lowest BCUT2D eigenvalue weighted by Crippen LogP contribution is -2.57. The monoisotopic (exact) mass is 467 g/mol. The van der Waals surface area contributed by atoms with Gasteiger partial charge in [0.1, 0.15) is 5.57 Å². The van der Waals surface area contributed by atoms with Crippen LogP contribution in [0.5, 0.6) is 0 Å². The number of amides is 2. The first-order valence-electron chi connectivity index (χ1n) is 11.6. The summed E-state index contributed by atoms with van der Waals surface area (Å²) >= 11 is 0. The van der Waals surface area contributed by atoms with Gasteiger partial charge in [-0.25, -0.2) is 0 Å². The molecule has 0 saturated heterocycles. The van der Waals surface area contributed by atoms with Crippen LogP contribution in [0.1, 0.15) is 30.5 Å². The predicted octanol–water partition coefficient (Wildman–Crippen LogP) is 3.74. The number of ketones is 1. The van der Waals surface area contributed by atoms with Gasteiger partial charge in [0.2, 0.25) is 5.78 Å². The molecule has 178 valence electrons. The van der Waals surface area contributed by atoms with E-state index in [1.165, 1.54) is 0 Å². The fourth-order valence-corrected chi connectivity index (χ4v) is 4.35. The van der Waals surface area contributed by atoms with Gasteiger partial charge in [0, 0.05) is 25.3 Å². The molecule has 0 radical (unpaired) electrons. The smallest absolute Gasteiger partial charge is 0.257 e. The molecule has 2 N–H and O–H groups in total. The Morgan fingerprint density at radius 3 is 1.71 bits per heavy atom. The van der Waals surface area contributed by atoms with Crippen molar-refractivity contribution in [2.75, 3.05) is 0 Å². The third-order valence-electron chi connectivity index (χ3n) is 6.42. The zero-order valence-corrected chi connectivity index (χ0v) is 20.0. The number of hydrogen-bond acceptors (Lipinski definition) is 4. The van der Waals surface area contributed by atoms with Crippen LogP contribution in [-0.2, 0) is 34.0 Å². The minimum atomic E-state index is -1.55. The zero-order chi connectivity index (χ0) is 24.8. The molecule has 0 saturated carbocycles. The van der Waals surface area contributed by atoms with Crippen molar-refractivity contribution in [2.24, 2.45) is 0 Å². The number of benzene rings is 3. The van der Waals surface area contributed by atoms with E-state index in [-0.39, 0.29) is 12.1 Å². The van der Waals surface area contributed by atoms with Crippen LogP contribution in [0.3, 0.4) is 0 Å². The Morgan fingerprint density at radius 1 is 0.743 bits per heavy atom. The van der Waals surface area contributed by atoms with Crippen molar-refractivity contribution in [1.29, 1.82) is 0 Å². The number of allylic oxidation sites excluding steroid dienone is 1. The predicted molar refractivity (Wildman–Crippen MR) is 135 cm³/mol. The van der Waals surface area contributed by atoms with Gasteiger partial charge in [-0.2, -0.15) is 0 Å². The highest BCUT2D eigenvalue weighted by molar-refractivity contribution is 6.31. The molecule has 3 aromatic carbocycles. The maximum absolute atomic E-state index is 13.7. The Balaban J connectivity index is 1.60. The van der Waals surface area contributed by atoms with Crippen molar-refractivity contribution in [3.8, 4) is 0 Å². The molecule has 0 unspecified atom stereocenters. The molecular weight excluding hydrogens is 438 g/mol. The number of hydrogen-bond donors (Lipinski definition) is 2. The van der Waals surface area contributed by atoms with E-state index in [0.29, 0.717) is 18.8 Å². The highest BCUT2D eigenvalue weighted by atomic mass is 16.2. The van der Waals surface area contributed by atoms with E-state index in [2.05, 4.69) is 10.6 Å². The molecule has 0 bridgehead atoms. The van der Waals surface area contributed by atoms with Crippen molar-refractivity contribution in [1.82, 2.24) is 15.5 Å². The molecule has 35 heavy (non-hydrogen) atoms. The quantitative estimate of drug-likeness (QED) is 0.391. The molecule has 1 aliphatic heterocycles. The normalized spacial score (nSPS) is 17.4. The summed E-state index contributed by atoms with van der Waals surface area (Å²) in [6.07, 6.45) is 0. The van der Waals surface area contributed by atoms with Crippen LogP contribution >= 0.6 is 0 Å². The summed E-state index contributed by atoms with van der Waals surface area (Å²) in [5, 5.41) is 5.75. The van der Waals surface area contributed by atoms with Crippen LogP contribution in [0.4, 0.5) is 0 Å². The average Bonchev–Trinajstić information content (AvgIpc) is 3.08. The molecule has 0 fully saturated rings. The number of carbonyl (C=O) groups is 3. The van der Waals surface area contributed by atoms with E-state index in [9.17, 15) is 14.4 Å². The summed E-state index contributed by atoms with van der Waals surface area (Å²) in [7, 11) is 0. The number of nitrogens with zero attached hydrogens (tertiary/aromatic N) is 1. The third kappa shape index (κ3) is 5.01. The van der Waals surface area contributed by atoms with Gasteiger partial charge in [0.05, 0.1) is 0 Å². The van der Waals surface area contributed by atoms with Gasteiger partial charge in [-0.3, -0.25) is 14.4 Å². The van der Waals surface area contributed by atoms with Gasteiger partial charge in [-0.05, 0) is 30.5 Å². The Morgan fingerprint density at radius 2 is 1.20 bits per heavy atom. The molecule has 6 nitrogen and oxygen atoms in total. The van der Waals surface area contributed by atoms with Gasteiger partial charge in [-0.15, -0.1) is 0 Å². The number of rotatable bonds is 8. The summed E-state index contributed by atoms with van der Waals surface area (Å²) in [6.45, 7) is 4.23. The fourth-order valence-electron chi connectivity index (χ4n) is 4.35. The van der Waals surface area contributed by atoms with Crippen molar-refractivity contribution in [2.45, 2.75) is 39.0 Å². The van der Waals surface area contributed by atoms with E-state index in [0.717, 1.165) is 16.7 Å². The summed E-state index contributed by atoms with van der Waals surface area (Å²) in [5.74, 6) is -1.41. The molecule has 1 aliphatic rings. The van der Waals surface area contributed by atoms with Crippen molar-refractivity contribution in [3.05, 3.63) is 119 Å². The Bertz CT molecular complexity index is 1240. The van der Waals surface area contributed by atoms with Gasteiger partial charge in [0.15, 0.2) is 5.54 Å². The molecular formula is C29H29N3O3. The first kappa shape index (κ1) is 24.0. The van der Waals surface area contributed by atoms with Crippen LogP contribution in [0.25, 0.3) is 0 Å². The zero-order valence-electron chi connectivity index (χ0n) is 20.0. The molecule has 1 heterocycles. The summed E-state index contributed by atoms with van der Waals surface area (Å²) < 4.78 is 0. The maximum atomic E-state index is 13.7. The standard InChI is InChI=1S/C29H29N3O3/c1-21-25(27(34)30-18-22-12-6-3-7-13-22)26(33)29(2,32(21)20-24-16-10-5-11-17-24)28(35)31-19-23-14-8-4-9-15-23/h3-17H,18-20H2,1-2H3,(H,30,34)(H,31,35)/t29-/m1/s1. The van der Waals surface area contributed by atoms with Crippen LogP contribution < -0.4 is 10.6 Å². The van der Waals surface area contributed by atoms with Crippen LogP contribution in [0.2, 0.25) is 0 Å². The van der Waals surface area contributed by atoms with Gasteiger partial charge in [0.25, 0.3) is 11.8 Å². The molecule has 6 heteroatoms. The van der Waals surface area contributed by atoms with Crippen molar-refractivity contribution in [3.63, 3.8) is 0 Å². The lowest BCUT2D eigenvalue weighted by Gasteiger charge is -2.35. The summed E-state index contributed by atoms with van der Waals surface area (Å²) in [4.78, 5) is 42.2. The van der Waals surface area contributed by atoms with Gasteiger partial charge >= 0.3 is 0 Å². The summed E-state index contributed by atoms with van der Waals surface area (Å²) in [6, 6.07) is 28.6. The van der Waals surface area contributed by atoms with E-state index in [4.69, 9.17) is 0 Å². The molecule has 4 rings (SSSR count). The first-order valence-corrected chi connectivity index (χ1v) is 11.6. The molecule has 0 aliphatic carbocycles. The van der Waals surface area contributed by atoms with Gasteiger partial charge in [-0.1, -0.05) is 91.0 Å². The Hall–Kier alpha value is -4.19. The Labute approximate surface area is 205 Å². The average molecular weight is 468 g/mol. The lowest BCUT2D eigenvalue weighted by molar-refractivity contribution is -0.139. The second kappa shape index (κ2) is 10.4. The van der Waals surface area contributed by atoms with E-state index < -0.39 is 23.1 Å². The Kier molecular flexibility index (Phi) is 7.11. The van der Waals surface area contributed by atoms with Crippen LogP contribution in [-0.4, -0.2) is 28.0 Å². The number of carbonyl (C=O) groups excluding carboxylic acids is 3. The minimum absolute atomic E-state index is 0.0224. The molecule has 2 amide bonds. The number of nitrogens with one attached hydrogen (secondary N) is 2. The third-order valence-corrected chi connectivity index (χ3v) is 6.42. The molecule has 3 aromatic rings. The SMILES string of the molecule is CC1=C(C(=O)NCc2ccccc2)C(=O)[C@](C)(C(=O)NCc2ccccc2)N1Cc1ccccc1. The largest absolute Gasteiger partial charge is 0.350 e. The molecule has 0 spiro atoms. The molecule has 1 atom stereocenters. The highest BCUT2D eigenvalue weighted by Gasteiger charge is 2.54. The van der Waals surface area contributed by atoms with Crippen molar-refractivity contribution >= 4 is 17.6 Å². The van der Waals surface area contributed by atoms with E-state index >= 15 is 0 Å². The molecule has 0 aromatic heterocycles. The minimum Gasteiger partial charge on any atom is -0.350 e.